The van der Waals surface area contributed by atoms with Crippen LogP contribution in [0.4, 0.5) is 13.2 Å². The van der Waals surface area contributed by atoms with Crippen LogP contribution >= 0.6 is 0 Å². The Morgan fingerprint density at radius 1 is 1.22 bits per heavy atom. The summed E-state index contributed by atoms with van der Waals surface area (Å²) in [5.74, 6) is -0.106. The molecule has 1 aromatic carbocycles. The molecule has 3 rings (SSSR count). The van der Waals surface area contributed by atoms with Crippen molar-refractivity contribution in [2.24, 2.45) is 0 Å². The van der Waals surface area contributed by atoms with E-state index in [4.69, 9.17) is 0 Å². The van der Waals surface area contributed by atoms with Crippen LogP contribution in [0.3, 0.4) is 0 Å². The highest BCUT2D eigenvalue weighted by atomic mass is 19.4. The smallest absolute Gasteiger partial charge is 0.343 e. The number of H-pyrrole nitrogens is 1. The Hall–Kier alpha value is -2.68. The lowest BCUT2D eigenvalue weighted by Gasteiger charge is -2.31. The molecule has 9 heteroatoms. The Kier molecular flexibility index (Phi) is 5.05. The SMILES string of the molecule is Cc1c(C(F)(F)F)nc(-c2cccc(CN3CCN(C)C(=O)C3)c2)[nH]c1=O. The van der Waals surface area contributed by atoms with Crippen molar-refractivity contribution in [1.82, 2.24) is 19.8 Å². The first-order valence-corrected chi connectivity index (χ1v) is 8.39. The van der Waals surface area contributed by atoms with Crippen molar-refractivity contribution < 1.29 is 18.0 Å². The number of carbonyl (C=O) groups excluding carboxylic acids is 1. The number of nitrogens with zero attached hydrogens (tertiary/aromatic N) is 3. The number of halogens is 3. The number of alkyl halides is 3. The summed E-state index contributed by atoms with van der Waals surface area (Å²) in [7, 11) is 1.75. The van der Waals surface area contributed by atoms with E-state index in [0.717, 1.165) is 12.5 Å². The number of aromatic nitrogens is 2. The van der Waals surface area contributed by atoms with Crippen LogP contribution in [0.15, 0.2) is 29.1 Å². The fraction of sp³-hybridized carbons (Fsp3) is 0.389. The van der Waals surface area contributed by atoms with Crippen molar-refractivity contribution in [1.29, 1.82) is 0 Å². The summed E-state index contributed by atoms with van der Waals surface area (Å²) in [6, 6.07) is 6.78. The summed E-state index contributed by atoms with van der Waals surface area (Å²) in [5.41, 5.74) is -1.26. The van der Waals surface area contributed by atoms with E-state index in [1.807, 2.05) is 11.0 Å². The molecule has 1 N–H and O–H groups in total. The van der Waals surface area contributed by atoms with Gasteiger partial charge in [0, 0.05) is 37.8 Å². The molecular weight excluding hydrogens is 361 g/mol. The zero-order valence-electron chi connectivity index (χ0n) is 14.9. The minimum absolute atomic E-state index is 0.0248. The summed E-state index contributed by atoms with van der Waals surface area (Å²) in [6.07, 6.45) is -4.70. The summed E-state index contributed by atoms with van der Waals surface area (Å²) < 4.78 is 39.4. The normalized spacial score (nSPS) is 16.0. The minimum atomic E-state index is -4.70. The van der Waals surface area contributed by atoms with E-state index < -0.39 is 23.0 Å². The number of piperazine rings is 1. The van der Waals surface area contributed by atoms with Crippen LogP contribution in [0, 0.1) is 6.92 Å². The number of hydrogen-bond donors (Lipinski definition) is 1. The quantitative estimate of drug-likeness (QED) is 0.885. The first-order valence-electron chi connectivity index (χ1n) is 8.39. The van der Waals surface area contributed by atoms with E-state index in [1.165, 1.54) is 0 Å². The molecule has 27 heavy (non-hydrogen) atoms. The van der Waals surface area contributed by atoms with Crippen LogP contribution in [0.2, 0.25) is 0 Å². The molecule has 2 heterocycles. The molecule has 0 aliphatic carbocycles. The molecule has 0 radical (unpaired) electrons. The van der Waals surface area contributed by atoms with Crippen molar-refractivity contribution in [2.45, 2.75) is 19.6 Å². The molecule has 1 aliphatic heterocycles. The fourth-order valence-corrected chi connectivity index (χ4v) is 2.96. The zero-order chi connectivity index (χ0) is 19.8. The summed E-state index contributed by atoms with van der Waals surface area (Å²) >= 11 is 0. The number of rotatable bonds is 3. The lowest BCUT2D eigenvalue weighted by molar-refractivity contribution is -0.141. The maximum Gasteiger partial charge on any atom is 0.433 e. The molecule has 0 bridgehead atoms. The Morgan fingerprint density at radius 3 is 2.63 bits per heavy atom. The highest BCUT2D eigenvalue weighted by Gasteiger charge is 2.36. The summed E-state index contributed by atoms with van der Waals surface area (Å²) in [6.45, 7) is 3.21. The van der Waals surface area contributed by atoms with E-state index in [0.29, 0.717) is 31.7 Å². The Bertz CT molecular complexity index is 924. The largest absolute Gasteiger partial charge is 0.433 e. The Balaban J connectivity index is 1.89. The number of carbonyl (C=O) groups is 1. The minimum Gasteiger partial charge on any atom is -0.343 e. The van der Waals surface area contributed by atoms with Crippen LogP contribution in [0.1, 0.15) is 16.8 Å². The standard InChI is InChI=1S/C18H19F3N4O2/c1-11-15(18(19,20)21)22-16(23-17(11)27)13-5-3-4-12(8-13)9-25-7-6-24(2)14(26)10-25/h3-5,8H,6-7,9-10H2,1-2H3,(H,22,23,27). The van der Waals surface area contributed by atoms with Gasteiger partial charge in [-0.15, -0.1) is 0 Å². The summed E-state index contributed by atoms with van der Waals surface area (Å²) in [4.78, 5) is 33.4. The lowest BCUT2D eigenvalue weighted by atomic mass is 10.1. The van der Waals surface area contributed by atoms with Gasteiger partial charge in [-0.05, 0) is 18.6 Å². The molecule has 0 spiro atoms. The van der Waals surface area contributed by atoms with Crippen molar-refractivity contribution >= 4 is 5.91 Å². The van der Waals surface area contributed by atoms with Gasteiger partial charge in [-0.1, -0.05) is 18.2 Å². The maximum atomic E-state index is 13.1. The first kappa shape index (κ1) is 19.1. The van der Waals surface area contributed by atoms with Gasteiger partial charge in [0.15, 0.2) is 5.69 Å². The van der Waals surface area contributed by atoms with Crippen LogP contribution in [-0.2, 0) is 17.5 Å². The number of nitrogens with one attached hydrogen (secondary N) is 1. The Morgan fingerprint density at radius 2 is 1.96 bits per heavy atom. The van der Waals surface area contributed by atoms with E-state index in [2.05, 4.69) is 9.97 Å². The predicted octanol–water partition coefficient (Wildman–Crippen LogP) is 2.04. The fourth-order valence-electron chi connectivity index (χ4n) is 2.96. The van der Waals surface area contributed by atoms with E-state index in [-0.39, 0.29) is 11.7 Å². The average molecular weight is 380 g/mol. The van der Waals surface area contributed by atoms with Gasteiger partial charge in [0.2, 0.25) is 5.91 Å². The van der Waals surface area contributed by atoms with Gasteiger partial charge in [0.05, 0.1) is 6.54 Å². The lowest BCUT2D eigenvalue weighted by Crippen LogP contribution is -2.47. The molecule has 144 valence electrons. The zero-order valence-corrected chi connectivity index (χ0v) is 14.9. The highest BCUT2D eigenvalue weighted by molar-refractivity contribution is 5.78. The van der Waals surface area contributed by atoms with Gasteiger partial charge < -0.3 is 9.88 Å². The molecule has 1 saturated heterocycles. The van der Waals surface area contributed by atoms with E-state index >= 15 is 0 Å². The third-order valence-corrected chi connectivity index (χ3v) is 4.56. The third-order valence-electron chi connectivity index (χ3n) is 4.56. The van der Waals surface area contributed by atoms with Crippen LogP contribution in [0.5, 0.6) is 0 Å². The molecule has 1 aliphatic rings. The van der Waals surface area contributed by atoms with E-state index in [9.17, 15) is 22.8 Å². The van der Waals surface area contributed by atoms with Gasteiger partial charge in [-0.25, -0.2) is 4.98 Å². The van der Waals surface area contributed by atoms with Crippen molar-refractivity contribution in [3.05, 3.63) is 51.4 Å². The predicted molar refractivity (Wildman–Crippen MR) is 92.9 cm³/mol. The molecule has 0 atom stereocenters. The number of aromatic amines is 1. The average Bonchev–Trinajstić information content (AvgIpc) is 2.59. The number of likely N-dealkylation sites (N-methyl/N-ethyl adjacent to an activating group) is 1. The van der Waals surface area contributed by atoms with Gasteiger partial charge in [-0.2, -0.15) is 13.2 Å². The van der Waals surface area contributed by atoms with Crippen molar-refractivity contribution in [3.8, 4) is 11.4 Å². The number of hydrogen-bond acceptors (Lipinski definition) is 4. The molecule has 1 amide bonds. The molecule has 2 aromatic rings. The van der Waals surface area contributed by atoms with Gasteiger partial charge in [0.1, 0.15) is 5.82 Å². The second-order valence-electron chi connectivity index (χ2n) is 6.61. The van der Waals surface area contributed by atoms with Gasteiger partial charge in [-0.3, -0.25) is 14.5 Å². The highest BCUT2D eigenvalue weighted by Crippen LogP contribution is 2.30. The third kappa shape index (κ3) is 4.19. The Labute approximate surface area is 153 Å². The molecule has 0 saturated carbocycles. The maximum absolute atomic E-state index is 13.1. The van der Waals surface area contributed by atoms with Crippen LogP contribution in [-0.4, -0.2) is 52.4 Å². The van der Waals surface area contributed by atoms with E-state index in [1.54, 1.807) is 30.1 Å². The molecule has 6 nitrogen and oxygen atoms in total. The monoisotopic (exact) mass is 380 g/mol. The molecular formula is C18H19F3N4O2. The van der Waals surface area contributed by atoms with Crippen molar-refractivity contribution in [2.75, 3.05) is 26.7 Å². The molecule has 1 aromatic heterocycles. The second kappa shape index (κ2) is 7.15. The van der Waals surface area contributed by atoms with Crippen LogP contribution < -0.4 is 5.56 Å². The number of amides is 1. The summed E-state index contributed by atoms with van der Waals surface area (Å²) in [5, 5.41) is 0. The molecule has 1 fully saturated rings. The second-order valence-corrected chi connectivity index (χ2v) is 6.61. The van der Waals surface area contributed by atoms with Gasteiger partial charge in [0.25, 0.3) is 5.56 Å². The first-order chi connectivity index (χ1) is 12.6. The molecule has 0 unspecified atom stereocenters. The van der Waals surface area contributed by atoms with Crippen molar-refractivity contribution in [3.63, 3.8) is 0 Å². The topological polar surface area (TPSA) is 69.3 Å². The number of benzene rings is 1. The van der Waals surface area contributed by atoms with Gasteiger partial charge >= 0.3 is 6.18 Å². The van der Waals surface area contributed by atoms with Crippen LogP contribution in [0.25, 0.3) is 11.4 Å².